The van der Waals surface area contributed by atoms with Crippen molar-refractivity contribution in [2.75, 3.05) is 0 Å². The molecule has 0 amide bonds. The summed E-state index contributed by atoms with van der Waals surface area (Å²) in [7, 11) is -9.55. The third-order valence-electron chi connectivity index (χ3n) is 1.34. The van der Waals surface area contributed by atoms with Gasteiger partial charge in [0.25, 0.3) is 0 Å². The quantitative estimate of drug-likeness (QED) is 0.449. The zero-order valence-corrected chi connectivity index (χ0v) is 10.0. The van der Waals surface area contributed by atoms with Crippen LogP contribution in [0.1, 0.15) is 0 Å². The zero-order valence-electron chi connectivity index (χ0n) is 6.29. The van der Waals surface area contributed by atoms with Gasteiger partial charge in [0.15, 0.2) is 0 Å². The molecule has 0 nitrogen and oxygen atoms in total. The van der Waals surface area contributed by atoms with E-state index >= 15 is 0 Å². The van der Waals surface area contributed by atoms with Crippen molar-refractivity contribution >= 4 is 44.4 Å². The van der Waals surface area contributed by atoms with E-state index in [0.717, 1.165) is 6.07 Å². The first-order chi connectivity index (χ1) is 5.90. The lowest BCUT2D eigenvalue weighted by molar-refractivity contribution is 0.364. The second-order valence-electron chi connectivity index (χ2n) is 2.54. The number of hydrogen-bond acceptors (Lipinski definition) is 0. The van der Waals surface area contributed by atoms with E-state index in [1.54, 1.807) is 0 Å². The minimum atomic E-state index is -9.55. The summed E-state index contributed by atoms with van der Waals surface area (Å²) in [5, 5.41) is 0.0104. The summed E-state index contributed by atoms with van der Waals surface area (Å²) in [6.45, 7) is 0. The molecular weight excluding hydrogens is 361 g/mol. The van der Waals surface area contributed by atoms with Crippen molar-refractivity contribution in [2.24, 2.45) is 0 Å². The Morgan fingerprint density at radius 1 is 1.07 bits per heavy atom. The second kappa shape index (κ2) is 2.67. The Kier molecular flexibility index (Phi) is 2.35. The SMILES string of the molecule is FS(F)(F)(F)(F)c1ccc(Cl)c(I)c1. The van der Waals surface area contributed by atoms with E-state index in [0.29, 0.717) is 6.07 Å². The fraction of sp³-hybridized carbons (Fsp3) is 0. The Balaban J connectivity index is 3.45. The molecular formula is C6H3ClF5IS. The predicted octanol–water partition coefficient (Wildman–Crippen LogP) is 5.60. The molecule has 0 N–H and O–H groups in total. The maximum absolute atomic E-state index is 12.2. The first-order valence-electron chi connectivity index (χ1n) is 3.09. The van der Waals surface area contributed by atoms with Gasteiger partial charge in [0, 0.05) is 3.57 Å². The molecule has 0 saturated heterocycles. The van der Waals surface area contributed by atoms with Crippen molar-refractivity contribution < 1.29 is 19.4 Å². The molecule has 0 fully saturated rings. The summed E-state index contributed by atoms with van der Waals surface area (Å²) >= 11 is 6.87. The second-order valence-corrected chi connectivity index (χ2v) is 6.52. The third-order valence-corrected chi connectivity index (χ3v) is 4.02. The molecule has 1 aromatic carbocycles. The highest BCUT2D eigenvalue weighted by atomic mass is 127. The number of hydrogen-bond donors (Lipinski definition) is 0. The Hall–Kier alpha value is 0.240. The van der Waals surface area contributed by atoms with Crippen LogP contribution in [0.25, 0.3) is 0 Å². The van der Waals surface area contributed by atoms with E-state index in [1.165, 1.54) is 22.6 Å². The van der Waals surface area contributed by atoms with Gasteiger partial charge < -0.3 is 0 Å². The van der Waals surface area contributed by atoms with E-state index < -0.39 is 15.1 Å². The van der Waals surface area contributed by atoms with Gasteiger partial charge >= 0.3 is 10.2 Å². The van der Waals surface area contributed by atoms with Gasteiger partial charge in [-0.25, -0.2) is 0 Å². The first kappa shape index (κ1) is 12.3. The molecule has 0 aliphatic heterocycles. The van der Waals surface area contributed by atoms with Gasteiger partial charge in [-0.3, -0.25) is 0 Å². The van der Waals surface area contributed by atoms with Crippen LogP contribution in [0.4, 0.5) is 19.4 Å². The van der Waals surface area contributed by atoms with Gasteiger partial charge in [-0.15, -0.1) is 0 Å². The van der Waals surface area contributed by atoms with Crippen molar-refractivity contribution in [3.63, 3.8) is 0 Å². The summed E-state index contributed by atoms with van der Waals surface area (Å²) in [6, 6.07) is 1.42. The van der Waals surface area contributed by atoms with Crippen LogP contribution in [0.15, 0.2) is 23.1 Å². The third kappa shape index (κ3) is 2.86. The first-order valence-corrected chi connectivity index (χ1v) is 6.50. The molecule has 14 heavy (non-hydrogen) atoms. The zero-order chi connectivity index (χ0) is 11.3. The molecule has 0 unspecified atom stereocenters. The number of rotatable bonds is 1. The van der Waals surface area contributed by atoms with Gasteiger partial charge in [-0.2, -0.15) is 0 Å². The lowest BCUT2D eigenvalue weighted by atomic mass is 10.4. The lowest BCUT2D eigenvalue weighted by Gasteiger charge is -2.40. The lowest BCUT2D eigenvalue weighted by Crippen LogP contribution is -2.06. The molecule has 0 aliphatic rings. The highest BCUT2D eigenvalue weighted by molar-refractivity contribution is 14.1. The summed E-state index contributed by atoms with van der Waals surface area (Å²) in [5.41, 5.74) is 0. The molecule has 8 heteroatoms. The fourth-order valence-electron chi connectivity index (χ4n) is 0.717. The molecule has 1 aromatic rings. The maximum atomic E-state index is 12.2. The van der Waals surface area contributed by atoms with Gasteiger partial charge in [0.05, 0.1) is 5.02 Å². The van der Waals surface area contributed by atoms with E-state index in [1.807, 2.05) is 0 Å². The fourth-order valence-corrected chi connectivity index (χ4v) is 2.23. The average molecular weight is 365 g/mol. The summed E-state index contributed by atoms with van der Waals surface area (Å²) < 4.78 is 61.0. The minimum Gasteiger partial charge on any atom is -0.0936 e. The van der Waals surface area contributed by atoms with Crippen molar-refractivity contribution in [3.8, 4) is 0 Å². The van der Waals surface area contributed by atoms with Gasteiger partial charge in [0.2, 0.25) is 0 Å². The minimum absolute atomic E-state index is 0.0104. The van der Waals surface area contributed by atoms with E-state index in [4.69, 9.17) is 11.6 Å². The standard InChI is InChI=1S/C6H3ClF5IS/c7-5-2-1-4(3-6(5)13)14(8,9,10,11)12/h1-3H. The monoisotopic (exact) mass is 364 g/mol. The highest BCUT2D eigenvalue weighted by Gasteiger charge is 2.65. The van der Waals surface area contributed by atoms with Gasteiger partial charge in [0.1, 0.15) is 4.90 Å². The molecule has 0 atom stereocenters. The van der Waals surface area contributed by atoms with Crippen molar-refractivity contribution in [1.82, 2.24) is 0 Å². The molecule has 0 radical (unpaired) electrons. The van der Waals surface area contributed by atoms with Crippen LogP contribution in [0.2, 0.25) is 5.02 Å². The largest absolute Gasteiger partial charge is 0.310 e. The van der Waals surface area contributed by atoms with Crippen molar-refractivity contribution in [1.29, 1.82) is 0 Å². The molecule has 0 aliphatic carbocycles. The number of halogens is 7. The van der Waals surface area contributed by atoms with E-state index in [-0.39, 0.29) is 14.7 Å². The molecule has 0 spiro atoms. The van der Waals surface area contributed by atoms with Gasteiger partial charge in [-0.05, 0) is 40.8 Å². The molecule has 0 bridgehead atoms. The highest BCUT2D eigenvalue weighted by Crippen LogP contribution is 3.02. The molecule has 0 heterocycles. The predicted molar refractivity (Wildman–Crippen MR) is 55.6 cm³/mol. The van der Waals surface area contributed by atoms with E-state index in [9.17, 15) is 19.4 Å². The Labute approximate surface area is 95.3 Å². The van der Waals surface area contributed by atoms with Crippen LogP contribution < -0.4 is 0 Å². The van der Waals surface area contributed by atoms with Crippen LogP contribution >= 0.6 is 44.4 Å². The smallest absolute Gasteiger partial charge is 0.0936 e. The van der Waals surface area contributed by atoms with Crippen LogP contribution in [0, 0.1) is 3.57 Å². The summed E-state index contributed by atoms with van der Waals surface area (Å²) in [4.78, 5) is -1.92. The Morgan fingerprint density at radius 2 is 1.57 bits per heavy atom. The van der Waals surface area contributed by atoms with Crippen LogP contribution in [0.3, 0.4) is 0 Å². The topological polar surface area (TPSA) is 0 Å². The molecule has 0 aromatic heterocycles. The summed E-state index contributed by atoms with van der Waals surface area (Å²) in [6.07, 6.45) is 0. The van der Waals surface area contributed by atoms with Crippen LogP contribution in [0.5, 0.6) is 0 Å². The maximum Gasteiger partial charge on any atom is 0.310 e. The molecule has 82 valence electrons. The van der Waals surface area contributed by atoms with Gasteiger partial charge in [-0.1, -0.05) is 31.0 Å². The Bertz CT molecular complexity index is 386. The normalized spacial score (nSPS) is 17.4. The van der Waals surface area contributed by atoms with Crippen LogP contribution in [-0.2, 0) is 0 Å². The van der Waals surface area contributed by atoms with Crippen LogP contribution in [-0.4, -0.2) is 0 Å². The number of benzene rings is 1. The Morgan fingerprint density at radius 3 is 1.93 bits per heavy atom. The summed E-state index contributed by atoms with van der Waals surface area (Å²) in [5.74, 6) is 0. The van der Waals surface area contributed by atoms with Crippen molar-refractivity contribution in [2.45, 2.75) is 4.90 Å². The molecule has 1 rings (SSSR count). The van der Waals surface area contributed by atoms with E-state index in [2.05, 4.69) is 0 Å². The molecule has 0 saturated carbocycles. The average Bonchev–Trinajstić information content (AvgIpc) is 1.89. The van der Waals surface area contributed by atoms with Crippen molar-refractivity contribution in [3.05, 3.63) is 26.8 Å².